The van der Waals surface area contributed by atoms with Crippen molar-refractivity contribution in [1.29, 1.82) is 0 Å². The number of halogens is 2. The number of carbonyl (C=O) groups excluding carboxylic acids is 2. The molecular formula is C22H17Cl2N3O3. The molecule has 1 atom stereocenters. The first-order valence-corrected chi connectivity index (χ1v) is 10.4. The second-order valence-electron chi connectivity index (χ2n) is 7.35. The van der Waals surface area contributed by atoms with Gasteiger partial charge >= 0.3 is 5.97 Å². The highest BCUT2D eigenvalue weighted by Crippen LogP contribution is 2.41. The molecule has 0 N–H and O–H groups in total. The molecule has 3 aromatic rings. The molecule has 3 heterocycles. The zero-order valence-electron chi connectivity index (χ0n) is 15.8. The summed E-state index contributed by atoms with van der Waals surface area (Å²) in [5.41, 5.74) is 2.72. The van der Waals surface area contributed by atoms with E-state index in [0.717, 1.165) is 18.4 Å². The van der Waals surface area contributed by atoms with E-state index in [-0.39, 0.29) is 24.2 Å². The normalized spacial score (nSPS) is 17.2. The quantitative estimate of drug-likeness (QED) is 0.546. The molecule has 0 bridgehead atoms. The van der Waals surface area contributed by atoms with E-state index >= 15 is 0 Å². The van der Waals surface area contributed by atoms with Crippen LogP contribution in [0.2, 0.25) is 10.0 Å². The Kier molecular flexibility index (Phi) is 4.76. The number of aromatic nitrogens is 2. The number of carbonyl (C=O) groups is 2. The average molecular weight is 442 g/mol. The topological polar surface area (TPSA) is 64.4 Å². The molecule has 1 fully saturated rings. The van der Waals surface area contributed by atoms with E-state index in [2.05, 4.69) is 4.98 Å². The number of rotatable bonds is 3. The zero-order chi connectivity index (χ0) is 20.8. The third-order valence-electron chi connectivity index (χ3n) is 5.55. The molecule has 1 amide bonds. The summed E-state index contributed by atoms with van der Waals surface area (Å²) < 4.78 is 7.32. The first-order chi connectivity index (χ1) is 14.5. The molecule has 0 aliphatic carbocycles. The molecule has 0 unspecified atom stereocenters. The Labute approximate surface area is 183 Å². The lowest BCUT2D eigenvalue weighted by Gasteiger charge is -2.23. The summed E-state index contributed by atoms with van der Waals surface area (Å²) >= 11 is 12.4. The lowest BCUT2D eigenvalue weighted by Crippen LogP contribution is -2.30. The van der Waals surface area contributed by atoms with E-state index < -0.39 is 5.97 Å². The van der Waals surface area contributed by atoms with Gasteiger partial charge in [0.05, 0.1) is 28.0 Å². The highest BCUT2D eigenvalue weighted by atomic mass is 35.5. The van der Waals surface area contributed by atoms with E-state index in [1.54, 1.807) is 46.1 Å². The first-order valence-electron chi connectivity index (χ1n) is 9.63. The van der Waals surface area contributed by atoms with Gasteiger partial charge in [-0.15, -0.1) is 0 Å². The molecule has 1 saturated heterocycles. The van der Waals surface area contributed by atoms with E-state index in [9.17, 15) is 9.59 Å². The summed E-state index contributed by atoms with van der Waals surface area (Å²) in [6.45, 7) is 0.692. The third kappa shape index (κ3) is 3.07. The predicted molar refractivity (Wildman–Crippen MR) is 112 cm³/mol. The Morgan fingerprint density at radius 1 is 1.20 bits per heavy atom. The number of fused-ring (bicyclic) bond motifs is 5. The average Bonchev–Trinajstić information content (AvgIpc) is 3.36. The summed E-state index contributed by atoms with van der Waals surface area (Å²) in [6.07, 6.45) is 3.16. The second kappa shape index (κ2) is 7.45. The minimum atomic E-state index is -0.534. The molecule has 152 valence electrons. The van der Waals surface area contributed by atoms with Gasteiger partial charge in [0.15, 0.2) is 5.69 Å². The van der Waals surface area contributed by atoms with Gasteiger partial charge in [0.2, 0.25) is 0 Å². The molecule has 2 aliphatic rings. The monoisotopic (exact) mass is 441 g/mol. The molecule has 1 aromatic heterocycles. The van der Waals surface area contributed by atoms with Crippen molar-refractivity contribution >= 4 is 35.1 Å². The second-order valence-corrected chi connectivity index (χ2v) is 8.19. The van der Waals surface area contributed by atoms with Crippen molar-refractivity contribution in [2.45, 2.75) is 25.5 Å². The number of ether oxygens (including phenoxy) is 1. The van der Waals surface area contributed by atoms with Gasteiger partial charge < -0.3 is 9.64 Å². The Balaban J connectivity index is 1.55. The van der Waals surface area contributed by atoms with E-state index in [4.69, 9.17) is 27.9 Å². The maximum atomic E-state index is 13.2. The van der Waals surface area contributed by atoms with Crippen molar-refractivity contribution < 1.29 is 14.3 Å². The van der Waals surface area contributed by atoms with Gasteiger partial charge in [0, 0.05) is 11.6 Å². The van der Waals surface area contributed by atoms with Crippen LogP contribution in [0.25, 0.3) is 5.69 Å². The van der Waals surface area contributed by atoms with Crippen molar-refractivity contribution in [3.05, 3.63) is 81.4 Å². The van der Waals surface area contributed by atoms with Crippen molar-refractivity contribution in [2.75, 3.05) is 6.54 Å². The van der Waals surface area contributed by atoms with Gasteiger partial charge in [-0.1, -0.05) is 41.4 Å². The fraction of sp³-hybridized carbons (Fsp3) is 0.227. The molecule has 0 saturated carbocycles. The van der Waals surface area contributed by atoms with Crippen LogP contribution < -0.4 is 0 Å². The minimum Gasteiger partial charge on any atom is -0.456 e. The minimum absolute atomic E-state index is 0.0847. The number of esters is 1. The van der Waals surface area contributed by atoms with Gasteiger partial charge in [0.25, 0.3) is 5.91 Å². The van der Waals surface area contributed by atoms with Crippen LogP contribution in [0.3, 0.4) is 0 Å². The number of hydrogen-bond donors (Lipinski definition) is 0. The standard InChI is InChI=1S/C22H17Cl2N3O3/c23-14-5-1-4-13(10-14)11-30-22(29)19-20-17-8-3-9-26(17)21(28)18-15(24)6-2-7-16(18)27(20)12-25-19/h1-2,4-7,10,12,17H,3,8-9,11H2/t17-/m0/s1. The van der Waals surface area contributed by atoms with Gasteiger partial charge in [-0.3, -0.25) is 9.36 Å². The largest absolute Gasteiger partial charge is 0.456 e. The van der Waals surface area contributed by atoms with Crippen molar-refractivity contribution in [2.24, 2.45) is 0 Å². The summed E-state index contributed by atoms with van der Waals surface area (Å²) in [6, 6.07) is 12.2. The summed E-state index contributed by atoms with van der Waals surface area (Å²) in [4.78, 5) is 32.3. The Hall–Kier alpha value is -2.83. The highest BCUT2D eigenvalue weighted by molar-refractivity contribution is 6.34. The Morgan fingerprint density at radius 3 is 2.87 bits per heavy atom. The van der Waals surface area contributed by atoms with E-state index in [1.807, 2.05) is 12.1 Å². The van der Waals surface area contributed by atoms with Crippen LogP contribution in [0, 0.1) is 0 Å². The molecule has 0 radical (unpaired) electrons. The van der Waals surface area contributed by atoms with E-state index in [0.29, 0.717) is 33.5 Å². The molecule has 2 aliphatic heterocycles. The van der Waals surface area contributed by atoms with Gasteiger partial charge in [-0.25, -0.2) is 9.78 Å². The Morgan fingerprint density at radius 2 is 2.03 bits per heavy atom. The van der Waals surface area contributed by atoms with Crippen LogP contribution in [0.1, 0.15) is 51.0 Å². The summed E-state index contributed by atoms with van der Waals surface area (Å²) in [5, 5.41) is 0.961. The molecule has 2 aromatic carbocycles. The maximum absolute atomic E-state index is 13.2. The van der Waals surface area contributed by atoms with Crippen LogP contribution in [0.5, 0.6) is 0 Å². The molecule has 5 rings (SSSR count). The van der Waals surface area contributed by atoms with Crippen LogP contribution in [-0.2, 0) is 11.3 Å². The summed E-state index contributed by atoms with van der Waals surface area (Å²) in [5.74, 6) is -0.659. The molecule has 6 nitrogen and oxygen atoms in total. The number of hydrogen-bond acceptors (Lipinski definition) is 4. The van der Waals surface area contributed by atoms with Crippen molar-refractivity contribution in [3.63, 3.8) is 0 Å². The third-order valence-corrected chi connectivity index (χ3v) is 6.10. The van der Waals surface area contributed by atoms with Crippen LogP contribution in [0.4, 0.5) is 0 Å². The number of imidazole rings is 1. The smallest absolute Gasteiger partial charge is 0.359 e. The SMILES string of the molecule is O=C(OCc1cccc(Cl)c1)c1ncn2c1[C@@H]1CCCN1C(=O)c1c(Cl)cccc1-2. The molecular weight excluding hydrogens is 425 g/mol. The van der Waals surface area contributed by atoms with Gasteiger partial charge in [-0.05, 0) is 42.7 Å². The predicted octanol–water partition coefficient (Wildman–Crippen LogP) is 4.83. The van der Waals surface area contributed by atoms with E-state index in [1.165, 1.54) is 0 Å². The van der Waals surface area contributed by atoms with Crippen molar-refractivity contribution in [3.8, 4) is 5.69 Å². The molecule has 0 spiro atoms. The van der Waals surface area contributed by atoms with Crippen LogP contribution in [0.15, 0.2) is 48.8 Å². The Bertz CT molecular complexity index is 1170. The van der Waals surface area contributed by atoms with Crippen molar-refractivity contribution in [1.82, 2.24) is 14.5 Å². The lowest BCUT2D eigenvalue weighted by atomic mass is 10.1. The van der Waals surface area contributed by atoms with Gasteiger partial charge in [0.1, 0.15) is 12.9 Å². The summed E-state index contributed by atoms with van der Waals surface area (Å²) in [7, 11) is 0. The van der Waals surface area contributed by atoms with Crippen LogP contribution in [-0.4, -0.2) is 32.9 Å². The fourth-order valence-corrected chi connectivity index (χ4v) is 4.70. The number of nitrogens with zero attached hydrogens (tertiary/aromatic N) is 3. The lowest BCUT2D eigenvalue weighted by molar-refractivity contribution is 0.0460. The fourth-order valence-electron chi connectivity index (χ4n) is 4.23. The number of benzene rings is 2. The first kappa shape index (κ1) is 19.2. The molecule has 30 heavy (non-hydrogen) atoms. The highest BCUT2D eigenvalue weighted by Gasteiger charge is 2.41. The maximum Gasteiger partial charge on any atom is 0.359 e. The number of amides is 1. The van der Waals surface area contributed by atoms with Crippen LogP contribution >= 0.6 is 23.2 Å². The molecule has 8 heteroatoms. The van der Waals surface area contributed by atoms with Gasteiger partial charge in [-0.2, -0.15) is 0 Å². The zero-order valence-corrected chi connectivity index (χ0v) is 17.4.